The lowest BCUT2D eigenvalue weighted by Crippen LogP contribution is -1.97. The summed E-state index contributed by atoms with van der Waals surface area (Å²) in [7, 11) is 0. The molecule has 0 unspecified atom stereocenters. The van der Waals surface area contributed by atoms with E-state index in [4.69, 9.17) is 9.98 Å². The number of pyridine rings is 1. The molecule has 2 N–H and O–H groups in total. The molecule has 7 aromatic carbocycles. The van der Waals surface area contributed by atoms with Gasteiger partial charge in [0.05, 0.1) is 56.4 Å². The number of hydrogen-bond acceptors (Lipinski definition) is 4. The van der Waals surface area contributed by atoms with Crippen LogP contribution < -0.4 is 0 Å². The summed E-state index contributed by atoms with van der Waals surface area (Å²) in [6, 6.07) is 48.9. The summed E-state index contributed by atoms with van der Waals surface area (Å²) in [5.41, 5.74) is 14.3. The fraction of sp³-hybridized carbons (Fsp3) is 0.258. The van der Waals surface area contributed by atoms with Gasteiger partial charge in [0.1, 0.15) is 11.5 Å². The molecule has 0 fully saturated rings. The Morgan fingerprint density at radius 3 is 1.44 bits per heavy atom. The van der Waals surface area contributed by atoms with Crippen molar-refractivity contribution in [3.8, 4) is 34.1 Å². The Hall–Kier alpha value is -7.18. The predicted molar refractivity (Wildman–Crippen MR) is 287 cm³/mol. The molecule has 6 heteroatoms. The number of benzene rings is 7. The Bertz CT molecular complexity index is 3430. The average molecular weight is 895 g/mol. The van der Waals surface area contributed by atoms with Crippen molar-refractivity contribution in [1.82, 2.24) is 14.1 Å². The van der Waals surface area contributed by atoms with Gasteiger partial charge in [-0.2, -0.15) is 0 Å². The minimum absolute atomic E-state index is 0.149. The SMILES string of the molecule is CC(C)Cc1ccc2c(c1)c1cc(CC(C)C)ccc1n2-c1ccc(-c2cccc(C=Nc3cccc4c(-n5c6ccc(CC(C)C)cc6c6cc(CC(C)C)ccc65)ccc(O)c34)n2)c(O)c1. The van der Waals surface area contributed by atoms with Crippen molar-refractivity contribution in [2.45, 2.75) is 81.1 Å². The van der Waals surface area contributed by atoms with Gasteiger partial charge in [-0.15, -0.1) is 0 Å². The standard InChI is InChI=1S/C62H62N4O2/c1-37(2)27-41-15-21-56-49(31-41)50-32-42(28-38(3)4)16-22-57(50)65(56)46-19-20-47(61(68)35-46)53-13-9-11-45(64-53)36-63-54-14-10-12-48-55(25-26-60(67)62(48)54)66-58-23-17-43(29-39(5)6)33-51(58)52-34-44(30-40(7)8)18-24-59(52)66/h9-26,31-40,67-68H,27-30H2,1-8H3. The first kappa shape index (κ1) is 44.6. The molecule has 0 aliphatic heterocycles. The van der Waals surface area contributed by atoms with E-state index < -0.39 is 0 Å². The lowest BCUT2D eigenvalue weighted by atomic mass is 9.99. The molecule has 0 saturated carbocycles. The van der Waals surface area contributed by atoms with Crippen molar-refractivity contribution >= 4 is 66.3 Å². The highest BCUT2D eigenvalue weighted by atomic mass is 16.3. The fourth-order valence-corrected chi connectivity index (χ4v) is 10.5. The van der Waals surface area contributed by atoms with E-state index in [-0.39, 0.29) is 11.5 Å². The van der Waals surface area contributed by atoms with Crippen molar-refractivity contribution in [2.24, 2.45) is 28.7 Å². The van der Waals surface area contributed by atoms with Gasteiger partial charge in [0.25, 0.3) is 0 Å². The molecular formula is C62H62N4O2. The molecule has 3 heterocycles. The summed E-state index contributed by atoms with van der Waals surface area (Å²) in [5, 5.41) is 29.8. The second-order valence-electron chi connectivity index (χ2n) is 20.7. The lowest BCUT2D eigenvalue weighted by Gasteiger charge is -2.14. The molecule has 0 saturated heterocycles. The van der Waals surface area contributed by atoms with E-state index in [1.54, 1.807) is 12.3 Å². The van der Waals surface area contributed by atoms with Gasteiger partial charge in [-0.05, 0) is 163 Å². The molecule has 6 nitrogen and oxygen atoms in total. The molecule has 0 amide bonds. The zero-order chi connectivity index (χ0) is 47.4. The van der Waals surface area contributed by atoms with Gasteiger partial charge in [-0.1, -0.05) is 97.9 Å². The average Bonchev–Trinajstić information content (AvgIpc) is 3.79. The summed E-state index contributed by atoms with van der Waals surface area (Å²) < 4.78 is 4.61. The van der Waals surface area contributed by atoms with E-state index in [9.17, 15) is 10.2 Å². The van der Waals surface area contributed by atoms with Gasteiger partial charge in [-0.25, -0.2) is 4.98 Å². The summed E-state index contributed by atoms with van der Waals surface area (Å²) in [4.78, 5) is 9.95. The van der Waals surface area contributed by atoms with Crippen LogP contribution in [0.1, 0.15) is 83.3 Å². The number of aliphatic imine (C=N–C) groups is 1. The van der Waals surface area contributed by atoms with Crippen LogP contribution >= 0.6 is 0 Å². The fourth-order valence-electron chi connectivity index (χ4n) is 10.5. The van der Waals surface area contributed by atoms with Crippen LogP contribution in [0.4, 0.5) is 5.69 Å². The molecule has 3 aromatic heterocycles. The van der Waals surface area contributed by atoms with E-state index in [1.807, 2.05) is 48.5 Å². The quantitative estimate of drug-likeness (QED) is 0.113. The Kier molecular flexibility index (Phi) is 11.9. The molecule has 0 bridgehead atoms. The highest BCUT2D eigenvalue weighted by Gasteiger charge is 2.20. The highest BCUT2D eigenvalue weighted by Crippen LogP contribution is 2.42. The second kappa shape index (κ2) is 18.1. The molecule has 342 valence electrons. The number of rotatable bonds is 13. The third-order valence-electron chi connectivity index (χ3n) is 13.2. The van der Waals surface area contributed by atoms with Crippen LogP contribution in [0.5, 0.6) is 11.5 Å². The summed E-state index contributed by atoms with van der Waals surface area (Å²) >= 11 is 0. The number of aromatic nitrogens is 3. The number of fused-ring (bicyclic) bond motifs is 7. The smallest absolute Gasteiger partial charge is 0.127 e. The van der Waals surface area contributed by atoms with Crippen LogP contribution in [0, 0.1) is 23.7 Å². The van der Waals surface area contributed by atoms with Gasteiger partial charge < -0.3 is 19.3 Å². The van der Waals surface area contributed by atoms with E-state index >= 15 is 0 Å². The third kappa shape index (κ3) is 8.53. The summed E-state index contributed by atoms with van der Waals surface area (Å²) in [6.07, 6.45) is 5.82. The first-order valence-corrected chi connectivity index (χ1v) is 24.5. The molecule has 10 rings (SSSR count). The molecule has 68 heavy (non-hydrogen) atoms. The normalized spacial score (nSPS) is 12.4. The molecular weight excluding hydrogens is 833 g/mol. The summed E-state index contributed by atoms with van der Waals surface area (Å²) in [6.45, 7) is 18.1. The number of phenolic OH excluding ortho intramolecular Hbond substituents is 2. The maximum absolute atomic E-state index is 11.7. The zero-order valence-corrected chi connectivity index (χ0v) is 40.7. The third-order valence-corrected chi connectivity index (χ3v) is 13.2. The van der Waals surface area contributed by atoms with Gasteiger partial charge >= 0.3 is 0 Å². The van der Waals surface area contributed by atoms with Gasteiger partial charge in [0.2, 0.25) is 0 Å². The topological polar surface area (TPSA) is 75.6 Å². The van der Waals surface area contributed by atoms with E-state index in [0.29, 0.717) is 51.7 Å². The Balaban J connectivity index is 1.00. The van der Waals surface area contributed by atoms with Crippen molar-refractivity contribution in [1.29, 1.82) is 0 Å². The first-order valence-electron chi connectivity index (χ1n) is 24.5. The van der Waals surface area contributed by atoms with Crippen LogP contribution in [0.2, 0.25) is 0 Å². The van der Waals surface area contributed by atoms with Crippen molar-refractivity contribution in [3.63, 3.8) is 0 Å². The molecule has 0 aliphatic carbocycles. The number of aromatic hydroxyl groups is 2. The van der Waals surface area contributed by atoms with Crippen molar-refractivity contribution < 1.29 is 10.2 Å². The molecule has 0 aliphatic rings. The minimum Gasteiger partial charge on any atom is -0.507 e. The van der Waals surface area contributed by atoms with Gasteiger partial charge in [0, 0.05) is 44.2 Å². The first-order chi connectivity index (χ1) is 32.8. The maximum atomic E-state index is 11.7. The maximum Gasteiger partial charge on any atom is 0.127 e. The number of nitrogens with zero attached hydrogens (tertiary/aromatic N) is 4. The Morgan fingerprint density at radius 2 is 0.956 bits per heavy atom. The zero-order valence-electron chi connectivity index (χ0n) is 40.7. The largest absolute Gasteiger partial charge is 0.507 e. The van der Waals surface area contributed by atoms with Crippen molar-refractivity contribution in [3.05, 3.63) is 167 Å². The molecule has 0 atom stereocenters. The van der Waals surface area contributed by atoms with E-state index in [1.165, 1.54) is 43.8 Å². The van der Waals surface area contributed by atoms with Crippen LogP contribution in [0.15, 0.2) is 145 Å². The Labute approximate surface area is 400 Å². The highest BCUT2D eigenvalue weighted by molar-refractivity contribution is 6.13. The van der Waals surface area contributed by atoms with Crippen LogP contribution in [0.25, 0.3) is 77.0 Å². The van der Waals surface area contributed by atoms with Crippen LogP contribution in [0.3, 0.4) is 0 Å². The number of hydrogen-bond donors (Lipinski definition) is 2. The van der Waals surface area contributed by atoms with Crippen molar-refractivity contribution in [2.75, 3.05) is 0 Å². The predicted octanol–water partition coefficient (Wildman–Crippen LogP) is 16.1. The van der Waals surface area contributed by atoms with E-state index in [2.05, 4.69) is 149 Å². The monoisotopic (exact) mass is 894 g/mol. The van der Waals surface area contributed by atoms with Gasteiger partial charge in [-0.3, -0.25) is 4.99 Å². The minimum atomic E-state index is 0.149. The van der Waals surface area contributed by atoms with Gasteiger partial charge in [0.15, 0.2) is 0 Å². The summed E-state index contributed by atoms with van der Waals surface area (Å²) in [5.74, 6) is 2.54. The second-order valence-corrected chi connectivity index (χ2v) is 20.7. The molecule has 0 radical (unpaired) electrons. The molecule has 10 aromatic rings. The Morgan fingerprint density at radius 1 is 0.471 bits per heavy atom. The lowest BCUT2D eigenvalue weighted by molar-refractivity contribution is 0.477. The van der Waals surface area contributed by atoms with Crippen LogP contribution in [-0.2, 0) is 25.7 Å². The molecule has 0 spiro atoms. The van der Waals surface area contributed by atoms with E-state index in [0.717, 1.165) is 64.5 Å². The number of phenols is 2. The van der Waals surface area contributed by atoms with Crippen LogP contribution in [-0.4, -0.2) is 30.5 Å².